The SMILES string of the molecule is CC/C=C(/C=C\N(C)C)CN(C)C(=O)C1=CC=C(c2cccc(Nc3cc(NC(=O)C4CC4)nnc3C=O)c2OC)CN1.CNC. The van der Waals surface area contributed by atoms with Gasteiger partial charge in [-0.3, -0.25) is 14.4 Å². The molecule has 246 valence electrons. The molecule has 0 spiro atoms. The zero-order valence-corrected chi connectivity index (χ0v) is 27.8. The quantitative estimate of drug-likeness (QED) is 0.190. The van der Waals surface area contributed by atoms with Crippen LogP contribution in [0.5, 0.6) is 5.75 Å². The van der Waals surface area contributed by atoms with Crippen LogP contribution in [0.25, 0.3) is 5.57 Å². The van der Waals surface area contributed by atoms with E-state index < -0.39 is 0 Å². The smallest absolute Gasteiger partial charge is 0.269 e. The number of hydrogen-bond acceptors (Lipinski definition) is 10. The summed E-state index contributed by atoms with van der Waals surface area (Å²) in [6.07, 6.45) is 13.0. The molecular formula is C34H46N8O4. The van der Waals surface area contributed by atoms with Crippen LogP contribution in [0.4, 0.5) is 17.2 Å². The Bertz CT molecular complexity index is 1510. The highest BCUT2D eigenvalue weighted by Gasteiger charge is 2.30. The van der Waals surface area contributed by atoms with Gasteiger partial charge in [0.2, 0.25) is 5.91 Å². The first-order valence-corrected chi connectivity index (χ1v) is 15.3. The molecule has 0 saturated heterocycles. The molecule has 1 aliphatic heterocycles. The fourth-order valence-corrected chi connectivity index (χ4v) is 4.54. The number of methoxy groups -OCH3 is 1. The lowest BCUT2D eigenvalue weighted by molar-refractivity contribution is -0.125. The van der Waals surface area contributed by atoms with E-state index in [-0.39, 0.29) is 29.2 Å². The molecule has 1 fully saturated rings. The lowest BCUT2D eigenvalue weighted by atomic mass is 10.0. The molecule has 2 heterocycles. The number of nitrogens with zero attached hydrogens (tertiary/aromatic N) is 4. The van der Waals surface area contributed by atoms with Crippen LogP contribution < -0.4 is 26.0 Å². The second kappa shape index (κ2) is 17.5. The van der Waals surface area contributed by atoms with E-state index in [1.54, 1.807) is 31.2 Å². The Morgan fingerprint density at radius 3 is 2.43 bits per heavy atom. The predicted molar refractivity (Wildman–Crippen MR) is 183 cm³/mol. The third-order valence-electron chi connectivity index (χ3n) is 6.94. The van der Waals surface area contributed by atoms with E-state index in [2.05, 4.69) is 44.5 Å². The lowest BCUT2D eigenvalue weighted by Crippen LogP contribution is -2.36. The molecule has 0 radical (unpaired) electrons. The summed E-state index contributed by atoms with van der Waals surface area (Å²) in [6.45, 7) is 2.98. The molecule has 1 aliphatic carbocycles. The molecular weight excluding hydrogens is 584 g/mol. The largest absolute Gasteiger partial charge is 0.494 e. The lowest BCUT2D eigenvalue weighted by Gasteiger charge is -2.24. The molecule has 0 bridgehead atoms. The molecule has 1 aromatic heterocycles. The van der Waals surface area contributed by atoms with E-state index in [1.165, 1.54) is 0 Å². The van der Waals surface area contributed by atoms with Gasteiger partial charge in [-0.2, -0.15) is 0 Å². The van der Waals surface area contributed by atoms with Crippen LogP contribution in [0.1, 0.15) is 42.2 Å². The molecule has 12 nitrogen and oxygen atoms in total. The summed E-state index contributed by atoms with van der Waals surface area (Å²) in [4.78, 5) is 40.8. The first-order valence-electron chi connectivity index (χ1n) is 15.3. The third-order valence-corrected chi connectivity index (χ3v) is 6.94. The fraction of sp³-hybridized carbons (Fsp3) is 0.382. The maximum Gasteiger partial charge on any atom is 0.269 e. The minimum absolute atomic E-state index is 0.00368. The highest BCUT2D eigenvalue weighted by molar-refractivity contribution is 5.96. The van der Waals surface area contributed by atoms with E-state index >= 15 is 0 Å². The summed E-state index contributed by atoms with van der Waals surface area (Å²) in [5.41, 5.74) is 4.38. The van der Waals surface area contributed by atoms with Gasteiger partial charge >= 0.3 is 0 Å². The average Bonchev–Trinajstić information content (AvgIpc) is 3.90. The first-order chi connectivity index (χ1) is 22.1. The number of benzene rings is 1. The van der Waals surface area contributed by atoms with Crippen molar-refractivity contribution in [2.75, 3.05) is 66.1 Å². The van der Waals surface area contributed by atoms with Crippen LogP contribution in [0, 0.1) is 5.92 Å². The van der Waals surface area contributed by atoms with Crippen molar-refractivity contribution in [3.05, 3.63) is 77.3 Å². The van der Waals surface area contributed by atoms with Crippen LogP contribution in [0.3, 0.4) is 0 Å². The van der Waals surface area contributed by atoms with Crippen molar-refractivity contribution in [3.63, 3.8) is 0 Å². The molecule has 0 atom stereocenters. The molecule has 2 amide bonds. The Morgan fingerprint density at radius 1 is 1.11 bits per heavy atom. The van der Waals surface area contributed by atoms with Gasteiger partial charge in [0.25, 0.3) is 5.91 Å². The van der Waals surface area contributed by atoms with E-state index in [0.717, 1.165) is 36.0 Å². The number of carbonyl (C=O) groups excluding carboxylic acids is 3. The number of rotatable bonds is 13. The van der Waals surface area contributed by atoms with E-state index in [0.29, 0.717) is 42.2 Å². The average molecular weight is 631 g/mol. The number of nitrogens with one attached hydrogen (secondary N) is 4. The second-order valence-corrected chi connectivity index (χ2v) is 11.2. The maximum absolute atomic E-state index is 13.2. The highest BCUT2D eigenvalue weighted by Crippen LogP contribution is 2.37. The van der Waals surface area contributed by atoms with Crippen LogP contribution in [0.15, 0.2) is 66.0 Å². The molecule has 1 aromatic carbocycles. The second-order valence-electron chi connectivity index (χ2n) is 11.2. The van der Waals surface area contributed by atoms with Crippen LogP contribution >= 0.6 is 0 Å². The van der Waals surface area contributed by atoms with E-state index in [1.807, 2.05) is 69.6 Å². The zero-order chi connectivity index (χ0) is 33.6. The van der Waals surface area contributed by atoms with E-state index in [4.69, 9.17) is 4.74 Å². The van der Waals surface area contributed by atoms with Crippen LogP contribution in [-0.4, -0.2) is 93.5 Å². The first kappa shape index (κ1) is 35.5. The normalized spacial score (nSPS) is 14.2. The van der Waals surface area contributed by atoms with Crippen molar-refractivity contribution in [2.24, 2.45) is 5.92 Å². The molecule has 46 heavy (non-hydrogen) atoms. The number of anilines is 3. The highest BCUT2D eigenvalue weighted by atomic mass is 16.5. The molecule has 4 rings (SSSR count). The van der Waals surface area contributed by atoms with Crippen LogP contribution in [-0.2, 0) is 9.59 Å². The van der Waals surface area contributed by atoms with Crippen molar-refractivity contribution in [1.82, 2.24) is 30.6 Å². The van der Waals surface area contributed by atoms with Crippen LogP contribution in [0.2, 0.25) is 0 Å². The molecule has 2 aliphatic rings. The topological polar surface area (TPSA) is 141 Å². The molecule has 1 saturated carbocycles. The number of likely N-dealkylation sites (N-methyl/N-ethyl adjacent to an activating group) is 1. The van der Waals surface area contributed by atoms with E-state index in [9.17, 15) is 14.4 Å². The van der Waals surface area contributed by atoms with Gasteiger partial charge in [-0.1, -0.05) is 31.2 Å². The number of aromatic nitrogens is 2. The summed E-state index contributed by atoms with van der Waals surface area (Å²) in [7, 11) is 11.0. The summed E-state index contributed by atoms with van der Waals surface area (Å²) >= 11 is 0. The van der Waals surface area contributed by atoms with Crippen molar-refractivity contribution >= 4 is 40.9 Å². The Morgan fingerprint density at radius 2 is 1.85 bits per heavy atom. The molecule has 4 N–H and O–H groups in total. The fourth-order valence-electron chi connectivity index (χ4n) is 4.54. The Kier molecular flexibility index (Phi) is 13.5. The number of para-hydroxylation sites is 1. The number of hydrogen-bond donors (Lipinski definition) is 4. The predicted octanol–water partition coefficient (Wildman–Crippen LogP) is 3.97. The molecule has 2 aromatic rings. The number of allylic oxidation sites excluding steroid dienone is 3. The van der Waals surface area contributed by atoms with Gasteiger partial charge in [-0.25, -0.2) is 0 Å². The minimum atomic E-state index is -0.105. The van der Waals surface area contributed by atoms with Gasteiger partial charge in [0.05, 0.1) is 18.5 Å². The molecule has 0 unspecified atom stereocenters. The monoisotopic (exact) mass is 630 g/mol. The maximum atomic E-state index is 13.2. The van der Waals surface area contributed by atoms with Crippen molar-refractivity contribution < 1.29 is 19.1 Å². The number of carbonyl (C=O) groups is 3. The summed E-state index contributed by atoms with van der Waals surface area (Å²) < 4.78 is 5.79. The Balaban J connectivity index is 0.00000185. The number of amides is 2. The number of ether oxygens (including phenoxy) is 1. The van der Waals surface area contributed by atoms with Crippen molar-refractivity contribution in [3.8, 4) is 5.75 Å². The molecule has 12 heteroatoms. The minimum Gasteiger partial charge on any atom is -0.494 e. The summed E-state index contributed by atoms with van der Waals surface area (Å²) in [5.74, 6) is 0.609. The zero-order valence-electron chi connectivity index (χ0n) is 27.8. The van der Waals surface area contributed by atoms with Crippen molar-refractivity contribution in [2.45, 2.75) is 26.2 Å². The third kappa shape index (κ3) is 10.0. The van der Waals surface area contributed by atoms with Gasteiger partial charge in [0.1, 0.15) is 17.1 Å². The van der Waals surface area contributed by atoms with Gasteiger partial charge in [0.15, 0.2) is 12.1 Å². The van der Waals surface area contributed by atoms with Gasteiger partial charge in [0, 0.05) is 51.8 Å². The summed E-state index contributed by atoms with van der Waals surface area (Å²) in [5, 5.41) is 19.9. The number of aldehydes is 1. The van der Waals surface area contributed by atoms with Gasteiger partial charge in [-0.15, -0.1) is 10.2 Å². The van der Waals surface area contributed by atoms with Crippen molar-refractivity contribution in [1.29, 1.82) is 0 Å². The standard InChI is InChI=1S/C32H39N7O4.C2H7N/c1-6-8-21(15-16-38(2)3)19-39(4)32(42)26-14-13-23(18-33-26)24-9-7-10-25(30(24)43-5)34-27-17-29(37-36-28(27)20-40)35-31(41)22-11-12-22;1-3-2/h7-10,13-17,20,22,33H,6,11-12,18-19H2,1-5H3,(H2,34,35,37,41);3H,1-2H3/b16-15-,21-8-;. The van der Waals surface area contributed by atoms with Gasteiger partial charge in [-0.05, 0) is 68.9 Å². The van der Waals surface area contributed by atoms with Gasteiger partial charge < -0.3 is 35.8 Å². The Hall–Kier alpha value is -4.97. The summed E-state index contributed by atoms with van der Waals surface area (Å²) in [6, 6.07) is 7.20. The Labute approximate surface area is 271 Å². The number of dihydropyridines is 1.